The van der Waals surface area contributed by atoms with E-state index in [1.165, 1.54) is 30.6 Å². The van der Waals surface area contributed by atoms with Gasteiger partial charge in [-0.2, -0.15) is 0 Å². The summed E-state index contributed by atoms with van der Waals surface area (Å²) in [7, 11) is 1.63. The Morgan fingerprint density at radius 2 is 1.86 bits per heavy atom. The quantitative estimate of drug-likeness (QED) is 0.929. The maximum Gasteiger partial charge on any atom is 0.232 e. The maximum absolute atomic E-state index is 12.8. The second kappa shape index (κ2) is 5.02. The number of aromatic nitrogens is 2. The van der Waals surface area contributed by atoms with E-state index in [-0.39, 0.29) is 11.3 Å². The summed E-state index contributed by atoms with van der Waals surface area (Å²) >= 11 is 1.41. The van der Waals surface area contributed by atoms with Crippen LogP contribution >= 0.6 is 11.3 Å². The van der Waals surface area contributed by atoms with Crippen molar-refractivity contribution in [1.82, 2.24) is 10.2 Å². The molecular weight excluding hydrogens is 286 g/mol. The summed E-state index contributed by atoms with van der Waals surface area (Å²) in [6.45, 7) is 0.449. The number of hydrogen-bond donors (Lipinski definition) is 1. The molecule has 4 fully saturated rings. The lowest BCUT2D eigenvalue weighted by Crippen LogP contribution is -2.51. The third-order valence-corrected chi connectivity index (χ3v) is 6.29. The number of nitrogens with one attached hydrogen (secondary N) is 1. The summed E-state index contributed by atoms with van der Waals surface area (Å²) in [4.78, 5) is 12.8. The average Bonchev–Trinajstić information content (AvgIpc) is 2.85. The Labute approximate surface area is 128 Å². The van der Waals surface area contributed by atoms with Crippen LogP contribution in [0.4, 0.5) is 5.13 Å². The number of anilines is 1. The van der Waals surface area contributed by atoms with E-state index in [1.54, 1.807) is 7.11 Å². The predicted molar refractivity (Wildman–Crippen MR) is 79.9 cm³/mol. The Bertz CT molecular complexity index is 522. The zero-order valence-corrected chi connectivity index (χ0v) is 13.1. The van der Waals surface area contributed by atoms with Crippen LogP contribution in [0.3, 0.4) is 0 Å². The minimum Gasteiger partial charge on any atom is -0.377 e. The highest BCUT2D eigenvalue weighted by Gasteiger charge is 2.54. The molecule has 1 aromatic rings. The van der Waals surface area contributed by atoms with Crippen LogP contribution in [0.25, 0.3) is 0 Å². The first-order valence-electron chi connectivity index (χ1n) is 7.79. The molecule has 0 saturated heterocycles. The molecule has 6 heteroatoms. The van der Waals surface area contributed by atoms with Crippen molar-refractivity contribution in [3.8, 4) is 0 Å². The van der Waals surface area contributed by atoms with Crippen LogP contribution in [0.2, 0.25) is 0 Å². The highest BCUT2D eigenvalue weighted by Crippen LogP contribution is 2.60. The minimum absolute atomic E-state index is 0.123. The summed E-state index contributed by atoms with van der Waals surface area (Å²) in [5.41, 5.74) is -0.123. The van der Waals surface area contributed by atoms with Crippen LogP contribution in [0.5, 0.6) is 0 Å². The first kappa shape index (κ1) is 13.6. The maximum atomic E-state index is 12.8. The summed E-state index contributed by atoms with van der Waals surface area (Å²) in [5, 5.41) is 12.5. The van der Waals surface area contributed by atoms with Crippen LogP contribution in [-0.4, -0.2) is 23.2 Å². The fourth-order valence-corrected chi connectivity index (χ4v) is 5.81. The van der Waals surface area contributed by atoms with Crippen molar-refractivity contribution in [3.63, 3.8) is 0 Å². The molecule has 0 unspecified atom stereocenters. The van der Waals surface area contributed by atoms with Crippen molar-refractivity contribution in [1.29, 1.82) is 0 Å². The van der Waals surface area contributed by atoms with E-state index in [1.807, 2.05) is 0 Å². The molecule has 1 N–H and O–H groups in total. The molecule has 5 nitrogen and oxygen atoms in total. The zero-order valence-electron chi connectivity index (χ0n) is 12.3. The SMILES string of the molecule is COCc1nnc(NC(=O)C23CC4CC(CC(C4)C2)C3)s1. The normalized spacial score (nSPS) is 36.9. The molecule has 4 aliphatic rings. The van der Waals surface area contributed by atoms with Gasteiger partial charge in [-0.25, -0.2) is 0 Å². The van der Waals surface area contributed by atoms with E-state index >= 15 is 0 Å². The van der Waals surface area contributed by atoms with Crippen LogP contribution in [0.1, 0.15) is 43.5 Å². The lowest BCUT2D eigenvalue weighted by molar-refractivity contribution is -0.140. The Kier molecular flexibility index (Phi) is 3.26. The summed E-state index contributed by atoms with van der Waals surface area (Å²) in [6.07, 6.45) is 7.29. The number of hydrogen-bond acceptors (Lipinski definition) is 5. The van der Waals surface area contributed by atoms with Crippen molar-refractivity contribution in [2.24, 2.45) is 23.2 Å². The summed E-state index contributed by atoms with van der Waals surface area (Å²) < 4.78 is 5.04. The van der Waals surface area contributed by atoms with Gasteiger partial charge in [-0.3, -0.25) is 4.79 Å². The molecule has 0 aromatic carbocycles. The van der Waals surface area contributed by atoms with E-state index < -0.39 is 0 Å². The van der Waals surface area contributed by atoms with E-state index in [0.29, 0.717) is 11.7 Å². The van der Waals surface area contributed by atoms with Gasteiger partial charge in [0.1, 0.15) is 11.6 Å². The van der Waals surface area contributed by atoms with Crippen LogP contribution < -0.4 is 5.32 Å². The number of carbonyl (C=O) groups excluding carboxylic acids is 1. The molecule has 1 amide bonds. The standard InChI is InChI=1S/C15H21N3O2S/c1-20-8-12-17-18-14(21-12)16-13(19)15-5-9-2-10(6-15)4-11(3-9)7-15/h9-11H,2-8H2,1H3,(H,16,18,19). The lowest BCUT2D eigenvalue weighted by Gasteiger charge is -2.55. The van der Waals surface area contributed by atoms with E-state index in [9.17, 15) is 4.79 Å². The van der Waals surface area contributed by atoms with Crippen molar-refractivity contribution in [2.75, 3.05) is 12.4 Å². The summed E-state index contributed by atoms with van der Waals surface area (Å²) in [6, 6.07) is 0. The monoisotopic (exact) mass is 307 g/mol. The second-order valence-corrected chi connectivity index (χ2v) is 8.15. The van der Waals surface area contributed by atoms with Gasteiger partial charge in [-0.15, -0.1) is 10.2 Å². The Hall–Kier alpha value is -1.01. The molecule has 4 aliphatic carbocycles. The summed E-state index contributed by atoms with van der Waals surface area (Å²) in [5.74, 6) is 2.52. The number of rotatable bonds is 4. The number of ether oxygens (including phenoxy) is 1. The van der Waals surface area contributed by atoms with Crippen molar-refractivity contribution >= 4 is 22.4 Å². The number of methoxy groups -OCH3 is 1. The molecule has 114 valence electrons. The Morgan fingerprint density at radius 1 is 1.24 bits per heavy atom. The van der Waals surface area contributed by atoms with Gasteiger partial charge in [-0.1, -0.05) is 11.3 Å². The highest BCUT2D eigenvalue weighted by atomic mass is 32.1. The molecule has 0 radical (unpaired) electrons. The van der Waals surface area contributed by atoms with Crippen molar-refractivity contribution < 1.29 is 9.53 Å². The molecule has 5 rings (SSSR count). The molecule has 21 heavy (non-hydrogen) atoms. The smallest absolute Gasteiger partial charge is 0.232 e. The Morgan fingerprint density at radius 3 is 2.43 bits per heavy atom. The molecule has 0 atom stereocenters. The second-order valence-electron chi connectivity index (χ2n) is 7.09. The van der Waals surface area contributed by atoms with Crippen LogP contribution in [0, 0.1) is 23.2 Å². The third-order valence-electron chi connectivity index (χ3n) is 5.48. The lowest BCUT2D eigenvalue weighted by atomic mass is 9.49. The largest absolute Gasteiger partial charge is 0.377 e. The topological polar surface area (TPSA) is 64.1 Å². The zero-order chi connectivity index (χ0) is 14.4. The molecule has 4 saturated carbocycles. The fraction of sp³-hybridized carbons (Fsp3) is 0.800. The van der Waals surface area contributed by atoms with E-state index in [2.05, 4.69) is 15.5 Å². The average molecular weight is 307 g/mol. The van der Waals surface area contributed by atoms with Crippen LogP contribution in [0.15, 0.2) is 0 Å². The molecule has 0 aliphatic heterocycles. The molecule has 1 heterocycles. The third kappa shape index (κ3) is 2.38. The van der Waals surface area contributed by atoms with Crippen molar-refractivity contribution in [2.45, 2.75) is 45.1 Å². The molecule has 4 bridgehead atoms. The first-order chi connectivity index (χ1) is 10.2. The number of carbonyl (C=O) groups is 1. The van der Waals surface area contributed by atoms with Gasteiger partial charge >= 0.3 is 0 Å². The van der Waals surface area contributed by atoms with Gasteiger partial charge in [0, 0.05) is 7.11 Å². The number of nitrogens with zero attached hydrogens (tertiary/aromatic N) is 2. The number of amides is 1. The molecular formula is C15H21N3O2S. The fourth-order valence-electron chi connectivity index (χ4n) is 5.10. The van der Waals surface area contributed by atoms with Crippen molar-refractivity contribution in [3.05, 3.63) is 5.01 Å². The molecule has 0 spiro atoms. The highest BCUT2D eigenvalue weighted by molar-refractivity contribution is 7.15. The Balaban J connectivity index is 1.49. The van der Waals surface area contributed by atoms with Gasteiger partial charge in [0.2, 0.25) is 11.0 Å². The predicted octanol–water partition coefficient (Wildman–Crippen LogP) is 2.84. The van der Waals surface area contributed by atoms with E-state index in [4.69, 9.17) is 4.74 Å². The van der Waals surface area contributed by atoms with Gasteiger partial charge < -0.3 is 10.1 Å². The van der Waals surface area contributed by atoms with Gasteiger partial charge in [0.05, 0.1) is 5.41 Å². The van der Waals surface area contributed by atoms with Gasteiger partial charge in [0.25, 0.3) is 0 Å². The first-order valence-corrected chi connectivity index (χ1v) is 8.61. The van der Waals surface area contributed by atoms with Gasteiger partial charge in [-0.05, 0) is 56.3 Å². The minimum atomic E-state index is -0.123. The van der Waals surface area contributed by atoms with Gasteiger partial charge in [0.15, 0.2) is 0 Å². The molecule has 1 aromatic heterocycles. The van der Waals surface area contributed by atoms with Crippen LogP contribution in [-0.2, 0) is 16.1 Å². The van der Waals surface area contributed by atoms with E-state index in [0.717, 1.165) is 42.0 Å².